The molecule has 4 rings (SSSR count). The number of hydrogen-bond donors (Lipinski definition) is 1. The summed E-state index contributed by atoms with van der Waals surface area (Å²) < 4.78 is 0.735. The Bertz CT molecular complexity index is 412. The second kappa shape index (κ2) is 13.5. The van der Waals surface area contributed by atoms with Gasteiger partial charge in [-0.3, -0.25) is 0 Å². The van der Waals surface area contributed by atoms with E-state index < -0.39 is 0 Å². The Morgan fingerprint density at radius 1 is 0.552 bits per heavy atom. The van der Waals surface area contributed by atoms with Gasteiger partial charge in [-0.15, -0.1) is 0 Å². The molecule has 0 heterocycles. The van der Waals surface area contributed by atoms with E-state index >= 15 is 0 Å². The molecular formula is C25H46N2S2. The maximum atomic E-state index is 5.32. The molecule has 0 saturated heterocycles. The molecule has 4 saturated carbocycles. The molecule has 2 nitrogen and oxygen atoms in total. The third-order valence-electron chi connectivity index (χ3n) is 7.99. The molecule has 0 amide bonds. The van der Waals surface area contributed by atoms with E-state index in [-0.39, 0.29) is 0 Å². The van der Waals surface area contributed by atoms with E-state index in [1.807, 2.05) is 0 Å². The Hall–Kier alpha value is 0.0700. The predicted molar refractivity (Wildman–Crippen MR) is 131 cm³/mol. The number of quaternary nitrogens is 1. The maximum absolute atomic E-state index is 5.32. The highest BCUT2D eigenvalue weighted by atomic mass is 32.1. The van der Waals surface area contributed by atoms with Crippen LogP contribution in [0.25, 0.3) is 0 Å². The van der Waals surface area contributed by atoms with Crippen LogP contribution in [0.4, 0.5) is 0 Å². The van der Waals surface area contributed by atoms with E-state index in [1.165, 1.54) is 128 Å². The minimum Gasteiger partial charge on any atom is -0.411 e. The van der Waals surface area contributed by atoms with Gasteiger partial charge in [0.1, 0.15) is 0 Å². The number of thiocarbonyl (C=S) groups is 1. The summed E-state index contributed by atoms with van der Waals surface area (Å²) in [7, 11) is 0. The Kier molecular flexibility index (Phi) is 11.0. The lowest BCUT2D eigenvalue weighted by Crippen LogP contribution is -2.95. The van der Waals surface area contributed by atoms with Crippen LogP contribution in [0.5, 0.6) is 0 Å². The van der Waals surface area contributed by atoms with Crippen LogP contribution in [0.1, 0.15) is 128 Å². The van der Waals surface area contributed by atoms with Crippen LogP contribution in [-0.2, 0) is 12.6 Å². The van der Waals surface area contributed by atoms with E-state index in [0.29, 0.717) is 12.1 Å². The smallest absolute Gasteiger partial charge is 0.0861 e. The Balaban J connectivity index is 0.000000169. The van der Waals surface area contributed by atoms with Gasteiger partial charge in [-0.2, -0.15) is 0 Å². The maximum Gasteiger partial charge on any atom is 0.0861 e. The molecule has 29 heavy (non-hydrogen) atoms. The summed E-state index contributed by atoms with van der Waals surface area (Å²) >= 11 is 10.6. The van der Waals surface area contributed by atoms with Gasteiger partial charge in [0, 0.05) is 12.1 Å². The highest BCUT2D eigenvalue weighted by Gasteiger charge is 2.27. The van der Waals surface area contributed by atoms with E-state index in [9.17, 15) is 0 Å². The molecule has 0 bridgehead atoms. The number of nitrogens with zero attached hydrogens (tertiary/aromatic N) is 1. The van der Waals surface area contributed by atoms with Gasteiger partial charge in [-0.05, 0) is 77.0 Å². The van der Waals surface area contributed by atoms with E-state index in [0.717, 1.165) is 16.4 Å². The highest BCUT2D eigenvalue weighted by molar-refractivity contribution is 8.00. The average Bonchev–Trinajstić information content (AvgIpc) is 2.77. The first kappa shape index (κ1) is 23.7. The average molecular weight is 439 g/mol. The summed E-state index contributed by atoms with van der Waals surface area (Å²) in [6.07, 6.45) is 28.5. The fourth-order valence-electron chi connectivity index (χ4n) is 6.35. The molecule has 0 radical (unpaired) electrons. The van der Waals surface area contributed by atoms with E-state index in [1.54, 1.807) is 0 Å². The third-order valence-corrected chi connectivity index (χ3v) is 8.41. The zero-order chi connectivity index (χ0) is 20.3. The first-order valence-corrected chi connectivity index (χ1v) is 13.9. The SMILES string of the molecule is C1CCC([NH2+]C2CCCCC2)CC1.S=C([S-])N(C1CCCCC1)C1CCCCC1. The van der Waals surface area contributed by atoms with Gasteiger partial charge in [-0.1, -0.05) is 55.7 Å². The lowest BCUT2D eigenvalue weighted by Gasteiger charge is -2.45. The van der Waals surface area contributed by atoms with Gasteiger partial charge in [0.05, 0.1) is 12.1 Å². The minimum atomic E-state index is 0.668. The van der Waals surface area contributed by atoms with Gasteiger partial charge in [0.2, 0.25) is 0 Å². The summed E-state index contributed by atoms with van der Waals surface area (Å²) in [5.41, 5.74) is 0. The lowest BCUT2D eigenvalue weighted by molar-refractivity contribution is -0.725. The largest absolute Gasteiger partial charge is 0.411 e. The number of nitrogens with two attached hydrogens (primary N) is 1. The van der Waals surface area contributed by atoms with Crippen LogP contribution in [0.3, 0.4) is 0 Å². The van der Waals surface area contributed by atoms with Crippen molar-refractivity contribution in [2.24, 2.45) is 0 Å². The quantitative estimate of drug-likeness (QED) is 0.429. The van der Waals surface area contributed by atoms with Gasteiger partial charge < -0.3 is 35.1 Å². The van der Waals surface area contributed by atoms with Crippen molar-refractivity contribution in [3.8, 4) is 0 Å². The fraction of sp³-hybridized carbons (Fsp3) is 0.960. The second-order valence-corrected chi connectivity index (χ2v) is 11.3. The van der Waals surface area contributed by atoms with E-state index in [4.69, 9.17) is 24.8 Å². The standard InChI is InChI=1S/C13H23NS2.C12H23N/c15-13(16)14(11-7-3-1-4-8-11)12-9-5-2-6-10-12;1-3-7-11(8-4-1)13-12-9-5-2-6-10-12/h11-12H,1-10H2,(H,15,16);11-13H,1-10H2. The zero-order valence-electron chi connectivity index (χ0n) is 18.8. The molecule has 0 aliphatic heterocycles. The van der Waals surface area contributed by atoms with Crippen molar-refractivity contribution >= 4 is 29.2 Å². The topological polar surface area (TPSA) is 19.9 Å². The van der Waals surface area contributed by atoms with Crippen molar-refractivity contribution in [3.05, 3.63) is 0 Å². The van der Waals surface area contributed by atoms with Crippen molar-refractivity contribution in [1.82, 2.24) is 4.90 Å². The van der Waals surface area contributed by atoms with Crippen LogP contribution < -0.4 is 5.32 Å². The summed E-state index contributed by atoms with van der Waals surface area (Å²) in [5.74, 6) is 0. The molecule has 0 aromatic rings. The second-order valence-electron chi connectivity index (χ2n) is 10.2. The molecule has 0 unspecified atom stereocenters. The summed E-state index contributed by atoms with van der Waals surface area (Å²) in [5, 5.41) is 2.72. The molecular weight excluding hydrogens is 392 g/mol. The lowest BCUT2D eigenvalue weighted by atomic mass is 9.89. The van der Waals surface area contributed by atoms with Gasteiger partial charge in [-0.25, -0.2) is 0 Å². The van der Waals surface area contributed by atoms with Crippen LogP contribution in [0, 0.1) is 0 Å². The van der Waals surface area contributed by atoms with Gasteiger partial charge in [0.25, 0.3) is 0 Å². The molecule has 168 valence electrons. The van der Waals surface area contributed by atoms with Crippen molar-refractivity contribution in [3.63, 3.8) is 0 Å². The Labute approximate surface area is 191 Å². The molecule has 0 spiro atoms. The summed E-state index contributed by atoms with van der Waals surface area (Å²) in [4.78, 5) is 2.43. The van der Waals surface area contributed by atoms with Gasteiger partial charge >= 0.3 is 0 Å². The zero-order valence-corrected chi connectivity index (χ0v) is 20.4. The van der Waals surface area contributed by atoms with Crippen molar-refractivity contribution < 1.29 is 5.32 Å². The normalized spacial score (nSPS) is 25.8. The molecule has 4 aliphatic carbocycles. The number of rotatable bonds is 4. The fourth-order valence-corrected chi connectivity index (χ4v) is 6.95. The van der Waals surface area contributed by atoms with Crippen LogP contribution in [0.15, 0.2) is 0 Å². The first-order chi connectivity index (χ1) is 14.2. The molecule has 4 aliphatic rings. The third kappa shape index (κ3) is 8.26. The van der Waals surface area contributed by atoms with Crippen LogP contribution >= 0.6 is 12.2 Å². The van der Waals surface area contributed by atoms with Crippen LogP contribution in [-0.4, -0.2) is 33.4 Å². The Morgan fingerprint density at radius 3 is 1.17 bits per heavy atom. The molecule has 4 heteroatoms. The molecule has 4 fully saturated rings. The highest BCUT2D eigenvalue weighted by Crippen LogP contribution is 2.30. The molecule has 0 atom stereocenters. The van der Waals surface area contributed by atoms with Crippen molar-refractivity contribution in [2.75, 3.05) is 0 Å². The van der Waals surface area contributed by atoms with E-state index in [2.05, 4.69) is 10.2 Å². The Morgan fingerprint density at radius 2 is 0.862 bits per heavy atom. The van der Waals surface area contributed by atoms with Crippen molar-refractivity contribution in [1.29, 1.82) is 0 Å². The molecule has 2 N–H and O–H groups in total. The first-order valence-electron chi connectivity index (χ1n) is 13.1. The van der Waals surface area contributed by atoms with Gasteiger partial charge in [0.15, 0.2) is 0 Å². The summed E-state index contributed by atoms with van der Waals surface area (Å²) in [6.45, 7) is 0. The number of hydrogen-bond acceptors (Lipinski definition) is 2. The monoisotopic (exact) mass is 438 g/mol. The molecule has 0 aromatic heterocycles. The van der Waals surface area contributed by atoms with Crippen LogP contribution in [0.2, 0.25) is 0 Å². The van der Waals surface area contributed by atoms with Crippen molar-refractivity contribution in [2.45, 2.75) is 153 Å². The predicted octanol–water partition coefficient (Wildman–Crippen LogP) is 6.00. The molecule has 0 aromatic carbocycles. The minimum absolute atomic E-state index is 0.668. The summed E-state index contributed by atoms with van der Waals surface area (Å²) in [6, 6.07) is 3.33.